The number of aromatic nitrogens is 1. The SMILES string of the molecule is Cc1oc(-c2ccccc2)nc1COc1ccc(CN(CC(=O)O)S(=O)(=O)N2CCc3ccccc32)cc1. The van der Waals surface area contributed by atoms with Crippen molar-refractivity contribution in [2.75, 3.05) is 17.4 Å². The molecule has 0 spiro atoms. The Morgan fingerprint density at radius 2 is 1.76 bits per heavy atom. The summed E-state index contributed by atoms with van der Waals surface area (Å²) in [5.41, 5.74) is 3.71. The van der Waals surface area contributed by atoms with Gasteiger partial charge in [0.15, 0.2) is 0 Å². The molecule has 1 N–H and O–H groups in total. The molecule has 38 heavy (non-hydrogen) atoms. The first-order chi connectivity index (χ1) is 18.3. The normalized spacial score (nSPS) is 13.1. The van der Waals surface area contributed by atoms with Crippen molar-refractivity contribution in [3.05, 3.63) is 101 Å². The van der Waals surface area contributed by atoms with Gasteiger partial charge in [-0.15, -0.1) is 0 Å². The topological polar surface area (TPSA) is 113 Å². The number of anilines is 1. The van der Waals surface area contributed by atoms with Gasteiger partial charge in [0.05, 0.1) is 5.69 Å². The lowest BCUT2D eigenvalue weighted by atomic mass is 10.2. The molecule has 0 bridgehead atoms. The van der Waals surface area contributed by atoms with E-state index in [1.165, 1.54) is 4.31 Å². The molecule has 1 aliphatic heterocycles. The van der Waals surface area contributed by atoms with Crippen LogP contribution >= 0.6 is 0 Å². The first-order valence-electron chi connectivity index (χ1n) is 12.1. The Bertz CT molecular complexity index is 1530. The van der Waals surface area contributed by atoms with Gasteiger partial charge >= 0.3 is 16.2 Å². The molecule has 4 aromatic rings. The third-order valence-electron chi connectivity index (χ3n) is 6.33. The van der Waals surface area contributed by atoms with Crippen LogP contribution < -0.4 is 9.04 Å². The van der Waals surface area contributed by atoms with E-state index >= 15 is 0 Å². The van der Waals surface area contributed by atoms with Crippen LogP contribution in [0, 0.1) is 6.92 Å². The molecule has 196 valence electrons. The van der Waals surface area contributed by atoms with Gasteiger partial charge in [0.2, 0.25) is 5.89 Å². The number of aryl methyl sites for hydroxylation is 1. The van der Waals surface area contributed by atoms with Gasteiger partial charge < -0.3 is 14.3 Å². The Hall–Kier alpha value is -4.15. The van der Waals surface area contributed by atoms with E-state index in [4.69, 9.17) is 9.15 Å². The Morgan fingerprint density at radius 3 is 2.50 bits per heavy atom. The molecule has 10 heteroatoms. The summed E-state index contributed by atoms with van der Waals surface area (Å²) in [5, 5.41) is 9.42. The summed E-state index contributed by atoms with van der Waals surface area (Å²) >= 11 is 0. The Kier molecular flexibility index (Phi) is 7.17. The molecule has 1 aromatic heterocycles. The molecule has 0 atom stereocenters. The predicted octanol–water partition coefficient (Wildman–Crippen LogP) is 4.42. The van der Waals surface area contributed by atoms with Crippen molar-refractivity contribution in [2.45, 2.75) is 26.5 Å². The zero-order valence-electron chi connectivity index (χ0n) is 20.8. The van der Waals surface area contributed by atoms with Gasteiger partial charge in [-0.2, -0.15) is 12.7 Å². The van der Waals surface area contributed by atoms with Crippen LogP contribution in [0.4, 0.5) is 5.69 Å². The van der Waals surface area contributed by atoms with E-state index in [2.05, 4.69) is 4.98 Å². The quantitative estimate of drug-likeness (QED) is 0.321. The minimum atomic E-state index is -4.05. The molecule has 3 aromatic carbocycles. The van der Waals surface area contributed by atoms with Crippen LogP contribution in [0.3, 0.4) is 0 Å². The number of ether oxygens (including phenoxy) is 1. The highest BCUT2D eigenvalue weighted by Crippen LogP contribution is 2.32. The summed E-state index contributed by atoms with van der Waals surface area (Å²) in [6, 6.07) is 23.8. The lowest BCUT2D eigenvalue weighted by Gasteiger charge is -2.28. The summed E-state index contributed by atoms with van der Waals surface area (Å²) in [5.74, 6) is 0.535. The van der Waals surface area contributed by atoms with Crippen LogP contribution in [0.25, 0.3) is 11.5 Å². The minimum absolute atomic E-state index is 0.0869. The molecule has 0 saturated heterocycles. The second-order valence-corrected chi connectivity index (χ2v) is 10.8. The second-order valence-electron chi connectivity index (χ2n) is 8.94. The van der Waals surface area contributed by atoms with E-state index in [0.29, 0.717) is 40.8 Å². The number of para-hydroxylation sites is 1. The van der Waals surface area contributed by atoms with Gasteiger partial charge in [0.25, 0.3) is 0 Å². The lowest BCUT2D eigenvalue weighted by Crippen LogP contribution is -2.45. The Labute approximate surface area is 221 Å². The summed E-state index contributed by atoms with van der Waals surface area (Å²) in [6.07, 6.45) is 0.584. The van der Waals surface area contributed by atoms with Crippen molar-refractivity contribution < 1.29 is 27.5 Å². The van der Waals surface area contributed by atoms with E-state index in [0.717, 1.165) is 15.4 Å². The van der Waals surface area contributed by atoms with Gasteiger partial charge in [-0.05, 0) is 54.8 Å². The number of carboxylic acids is 1. The molecular formula is C28H27N3O6S. The molecule has 0 fully saturated rings. The van der Waals surface area contributed by atoms with Gasteiger partial charge in [-0.1, -0.05) is 48.5 Å². The molecule has 0 amide bonds. The predicted molar refractivity (Wildman–Crippen MR) is 142 cm³/mol. The Morgan fingerprint density at radius 1 is 1.05 bits per heavy atom. The number of fused-ring (bicyclic) bond motifs is 1. The number of nitrogens with zero attached hydrogens (tertiary/aromatic N) is 3. The van der Waals surface area contributed by atoms with E-state index in [1.807, 2.05) is 49.4 Å². The molecule has 5 rings (SSSR count). The number of rotatable bonds is 10. The molecule has 0 aliphatic carbocycles. The maximum atomic E-state index is 13.4. The van der Waals surface area contributed by atoms with Crippen LogP contribution in [0.2, 0.25) is 0 Å². The molecule has 0 radical (unpaired) electrons. The van der Waals surface area contributed by atoms with Crippen molar-refractivity contribution in [3.8, 4) is 17.2 Å². The number of carbonyl (C=O) groups is 1. The fraction of sp³-hybridized carbons (Fsp3) is 0.214. The van der Waals surface area contributed by atoms with Crippen molar-refractivity contribution >= 4 is 21.9 Å². The summed E-state index contributed by atoms with van der Waals surface area (Å²) in [6.45, 7) is 1.58. The molecule has 9 nitrogen and oxygen atoms in total. The van der Waals surface area contributed by atoms with Crippen molar-refractivity contribution in [2.24, 2.45) is 0 Å². The monoisotopic (exact) mass is 533 g/mol. The maximum Gasteiger partial charge on any atom is 0.318 e. The van der Waals surface area contributed by atoms with Crippen LogP contribution in [-0.4, -0.2) is 41.9 Å². The summed E-state index contributed by atoms with van der Waals surface area (Å²) in [7, 11) is -4.05. The van der Waals surface area contributed by atoms with E-state index in [9.17, 15) is 18.3 Å². The number of oxazole rings is 1. The minimum Gasteiger partial charge on any atom is -0.487 e. The van der Waals surface area contributed by atoms with Crippen molar-refractivity contribution in [3.63, 3.8) is 0 Å². The van der Waals surface area contributed by atoms with E-state index in [-0.39, 0.29) is 19.7 Å². The average molecular weight is 534 g/mol. The fourth-order valence-electron chi connectivity index (χ4n) is 4.37. The number of carboxylic acid groups (broad SMARTS) is 1. The lowest BCUT2D eigenvalue weighted by molar-refractivity contribution is -0.137. The molecular weight excluding hydrogens is 506 g/mol. The Balaban J connectivity index is 1.27. The van der Waals surface area contributed by atoms with E-state index in [1.54, 1.807) is 36.4 Å². The number of aliphatic carboxylic acids is 1. The number of benzene rings is 3. The van der Waals surface area contributed by atoms with Gasteiger partial charge in [0.1, 0.15) is 30.4 Å². The van der Waals surface area contributed by atoms with Crippen molar-refractivity contribution in [1.29, 1.82) is 0 Å². The largest absolute Gasteiger partial charge is 0.487 e. The number of hydrogen-bond acceptors (Lipinski definition) is 6. The molecule has 0 unspecified atom stereocenters. The van der Waals surface area contributed by atoms with Gasteiger partial charge in [-0.25, -0.2) is 4.98 Å². The van der Waals surface area contributed by atoms with E-state index < -0.39 is 22.7 Å². The first kappa shape index (κ1) is 25.5. The van der Waals surface area contributed by atoms with Crippen molar-refractivity contribution in [1.82, 2.24) is 9.29 Å². The highest BCUT2D eigenvalue weighted by atomic mass is 32.2. The summed E-state index contributed by atoms with van der Waals surface area (Å²) < 4.78 is 40.8. The fourth-order valence-corrected chi connectivity index (χ4v) is 5.98. The van der Waals surface area contributed by atoms with Gasteiger partial charge in [0, 0.05) is 18.7 Å². The van der Waals surface area contributed by atoms with Crippen LogP contribution in [0.1, 0.15) is 22.6 Å². The highest BCUT2D eigenvalue weighted by molar-refractivity contribution is 7.90. The second kappa shape index (κ2) is 10.7. The molecule has 1 aliphatic rings. The summed E-state index contributed by atoms with van der Waals surface area (Å²) in [4.78, 5) is 16.1. The van der Waals surface area contributed by atoms with Gasteiger partial charge in [-0.3, -0.25) is 9.10 Å². The number of hydrogen-bond donors (Lipinski definition) is 1. The highest BCUT2D eigenvalue weighted by Gasteiger charge is 2.35. The van der Waals surface area contributed by atoms with Crippen LogP contribution in [-0.2, 0) is 34.6 Å². The molecule has 0 saturated carbocycles. The maximum absolute atomic E-state index is 13.4. The third kappa shape index (κ3) is 5.41. The molecule has 2 heterocycles. The average Bonchev–Trinajstić information content (AvgIpc) is 3.52. The van der Waals surface area contributed by atoms with Crippen LogP contribution in [0.5, 0.6) is 5.75 Å². The zero-order valence-corrected chi connectivity index (χ0v) is 21.6. The first-order valence-corrected chi connectivity index (χ1v) is 13.5. The smallest absolute Gasteiger partial charge is 0.318 e. The third-order valence-corrected chi connectivity index (χ3v) is 8.18. The standard InChI is InChI=1S/C28H27N3O6S/c1-20-25(29-28(37-20)23-8-3-2-4-9-23)19-36-24-13-11-21(12-14-24)17-30(18-27(32)33)38(34,35)31-16-15-22-7-5-6-10-26(22)31/h2-14H,15-19H2,1H3,(H,32,33). The zero-order chi connectivity index (χ0) is 26.7. The van der Waals surface area contributed by atoms with Crippen LogP contribution in [0.15, 0.2) is 83.3 Å².